The quantitative estimate of drug-likeness (QED) is 0.443. The van der Waals surface area contributed by atoms with Crippen molar-refractivity contribution in [1.29, 1.82) is 0 Å². The lowest BCUT2D eigenvalue weighted by Crippen LogP contribution is -2.35. The summed E-state index contributed by atoms with van der Waals surface area (Å²) in [6.45, 7) is 1.13. The van der Waals surface area contributed by atoms with E-state index < -0.39 is 20.3 Å². The lowest BCUT2D eigenvalue weighted by Gasteiger charge is -2.28. The summed E-state index contributed by atoms with van der Waals surface area (Å²) in [5.41, 5.74) is 0.993. The number of sulfone groups is 1. The predicted octanol–water partition coefficient (Wildman–Crippen LogP) is 0.648. The molecule has 1 aliphatic rings. The highest BCUT2D eigenvalue weighted by molar-refractivity contribution is 7.90. The Labute approximate surface area is 154 Å². The number of hydrogen-bond donors (Lipinski definition) is 1. The number of benzene rings is 1. The summed E-state index contributed by atoms with van der Waals surface area (Å²) in [4.78, 5) is 31.0. The van der Waals surface area contributed by atoms with Crippen LogP contribution in [0.2, 0.25) is 0 Å². The van der Waals surface area contributed by atoms with Crippen molar-refractivity contribution in [1.82, 2.24) is 14.9 Å². The van der Waals surface area contributed by atoms with Gasteiger partial charge in [0.2, 0.25) is 15.0 Å². The van der Waals surface area contributed by atoms with Crippen molar-refractivity contribution in [2.45, 2.75) is 24.7 Å². The summed E-state index contributed by atoms with van der Waals surface area (Å²) in [5, 5.41) is 10.7. The molecule has 1 aromatic heterocycles. The fraction of sp³-hybridized carbons (Fsp3) is 0.375. The van der Waals surface area contributed by atoms with Crippen molar-refractivity contribution in [3.63, 3.8) is 0 Å². The minimum atomic E-state index is -3.64. The molecule has 2 aromatic rings. The van der Waals surface area contributed by atoms with Gasteiger partial charge in [0, 0.05) is 49.1 Å². The molecule has 144 valence electrons. The number of non-ortho nitro benzene ring substituents is 1. The molecule has 0 bridgehead atoms. The number of hydrogen-bond acceptors (Lipinski definition) is 8. The van der Waals surface area contributed by atoms with Gasteiger partial charge in [-0.3, -0.25) is 24.8 Å². The first-order valence-corrected chi connectivity index (χ1v) is 9.94. The number of nitro benzene ring substituents is 1. The predicted molar refractivity (Wildman–Crippen MR) is 95.4 cm³/mol. The highest BCUT2D eigenvalue weighted by Crippen LogP contribution is 2.27. The van der Waals surface area contributed by atoms with Crippen LogP contribution in [0.25, 0.3) is 0 Å². The van der Waals surface area contributed by atoms with Crippen molar-refractivity contribution < 1.29 is 18.1 Å². The van der Waals surface area contributed by atoms with Gasteiger partial charge in [0.1, 0.15) is 5.75 Å². The highest BCUT2D eigenvalue weighted by Gasteiger charge is 2.24. The molecule has 2 heterocycles. The Bertz CT molecular complexity index is 1060. The van der Waals surface area contributed by atoms with Crippen molar-refractivity contribution in [2.24, 2.45) is 0 Å². The van der Waals surface area contributed by atoms with E-state index in [-0.39, 0.29) is 17.4 Å². The Morgan fingerprint density at radius 1 is 1.41 bits per heavy atom. The summed E-state index contributed by atoms with van der Waals surface area (Å²) in [6.07, 6.45) is 1.38. The number of aromatic nitrogens is 2. The third-order valence-electron chi connectivity index (χ3n) is 4.35. The fourth-order valence-electron chi connectivity index (χ4n) is 3.02. The van der Waals surface area contributed by atoms with E-state index >= 15 is 0 Å². The molecule has 11 heteroatoms. The van der Waals surface area contributed by atoms with E-state index in [1.807, 2.05) is 4.90 Å². The summed E-state index contributed by atoms with van der Waals surface area (Å²) in [7, 11) is -2.16. The van der Waals surface area contributed by atoms with Crippen LogP contribution in [0.3, 0.4) is 0 Å². The van der Waals surface area contributed by atoms with Crippen LogP contribution in [0.1, 0.15) is 16.8 Å². The molecule has 0 fully saturated rings. The van der Waals surface area contributed by atoms with Crippen LogP contribution in [0.5, 0.6) is 5.75 Å². The third kappa shape index (κ3) is 3.98. The van der Waals surface area contributed by atoms with Crippen LogP contribution in [-0.4, -0.2) is 48.1 Å². The maximum Gasteiger partial charge on any atom is 0.270 e. The van der Waals surface area contributed by atoms with Crippen LogP contribution in [0.15, 0.2) is 28.2 Å². The molecule has 27 heavy (non-hydrogen) atoms. The van der Waals surface area contributed by atoms with E-state index in [0.29, 0.717) is 42.1 Å². The van der Waals surface area contributed by atoms with Gasteiger partial charge in [-0.15, -0.1) is 0 Å². The van der Waals surface area contributed by atoms with Gasteiger partial charge in [0.15, 0.2) is 0 Å². The monoisotopic (exact) mass is 394 g/mol. The van der Waals surface area contributed by atoms with E-state index in [1.54, 1.807) is 0 Å². The molecule has 0 unspecified atom stereocenters. The lowest BCUT2D eigenvalue weighted by molar-refractivity contribution is -0.385. The standard InChI is InChI=1S/C16H18N4O6S/c1-26-14-4-3-11(20(22)23)7-10(14)8-19-6-5-12-13(9-19)17-16(18-15(12)21)27(2,24)25/h3-4,7H,5-6,8-9H2,1-2H3,(H,17,18,21). The van der Waals surface area contributed by atoms with Crippen LogP contribution < -0.4 is 10.3 Å². The normalized spacial score (nSPS) is 14.6. The van der Waals surface area contributed by atoms with E-state index in [0.717, 1.165) is 6.26 Å². The molecule has 0 atom stereocenters. The van der Waals surface area contributed by atoms with Crippen LogP contribution in [-0.2, 0) is 29.3 Å². The molecule has 10 nitrogen and oxygen atoms in total. The van der Waals surface area contributed by atoms with E-state index in [9.17, 15) is 23.3 Å². The topological polar surface area (TPSA) is 135 Å². The maximum atomic E-state index is 12.1. The summed E-state index contributed by atoms with van der Waals surface area (Å²) >= 11 is 0. The largest absolute Gasteiger partial charge is 0.496 e. The van der Waals surface area contributed by atoms with Gasteiger partial charge < -0.3 is 4.74 Å². The minimum Gasteiger partial charge on any atom is -0.496 e. The van der Waals surface area contributed by atoms with Crippen molar-refractivity contribution >= 4 is 15.5 Å². The average Bonchev–Trinajstić information content (AvgIpc) is 2.60. The number of ether oxygens (including phenoxy) is 1. The average molecular weight is 394 g/mol. The number of rotatable bonds is 5. The number of nitrogens with zero attached hydrogens (tertiary/aromatic N) is 3. The van der Waals surface area contributed by atoms with Gasteiger partial charge in [-0.1, -0.05) is 0 Å². The first-order valence-electron chi connectivity index (χ1n) is 8.05. The zero-order valence-corrected chi connectivity index (χ0v) is 15.6. The summed E-state index contributed by atoms with van der Waals surface area (Å²) in [6, 6.07) is 4.35. The SMILES string of the molecule is COc1ccc([N+](=O)[O-])cc1CN1CCc2c(nc(S(C)(=O)=O)[nH]c2=O)C1. The zero-order chi connectivity index (χ0) is 19.8. The zero-order valence-electron chi connectivity index (χ0n) is 14.8. The maximum absolute atomic E-state index is 12.1. The minimum absolute atomic E-state index is 0.0443. The lowest BCUT2D eigenvalue weighted by atomic mass is 10.1. The first kappa shape index (κ1) is 19.0. The van der Waals surface area contributed by atoms with Crippen molar-refractivity contribution in [2.75, 3.05) is 19.9 Å². The van der Waals surface area contributed by atoms with E-state index in [1.165, 1.54) is 25.3 Å². The molecule has 3 rings (SSSR count). The number of fused-ring (bicyclic) bond motifs is 1. The Balaban J connectivity index is 1.91. The molecule has 1 aliphatic heterocycles. The van der Waals surface area contributed by atoms with Gasteiger partial charge >= 0.3 is 0 Å². The van der Waals surface area contributed by atoms with Crippen molar-refractivity contribution in [3.8, 4) is 5.75 Å². The smallest absolute Gasteiger partial charge is 0.270 e. The Morgan fingerprint density at radius 3 is 2.78 bits per heavy atom. The second-order valence-corrected chi connectivity index (χ2v) is 8.21. The van der Waals surface area contributed by atoms with Crippen LogP contribution in [0, 0.1) is 10.1 Å². The van der Waals surface area contributed by atoms with E-state index in [4.69, 9.17) is 4.74 Å². The molecule has 0 radical (unpaired) electrons. The second-order valence-electron chi connectivity index (χ2n) is 6.28. The molecule has 0 saturated carbocycles. The van der Waals surface area contributed by atoms with Crippen LogP contribution >= 0.6 is 0 Å². The molecule has 0 spiro atoms. The first-order chi connectivity index (χ1) is 12.7. The summed E-state index contributed by atoms with van der Waals surface area (Å²) in [5.74, 6) is 0.516. The Hall–Kier alpha value is -2.79. The highest BCUT2D eigenvalue weighted by atomic mass is 32.2. The second kappa shape index (κ2) is 7.08. The number of nitro groups is 1. The number of aromatic amines is 1. The number of H-pyrrole nitrogens is 1. The van der Waals surface area contributed by atoms with Gasteiger partial charge in [-0.25, -0.2) is 13.4 Å². The molecule has 0 aliphatic carbocycles. The number of nitrogens with one attached hydrogen (secondary N) is 1. The van der Waals surface area contributed by atoms with Crippen molar-refractivity contribution in [3.05, 3.63) is 55.5 Å². The number of methoxy groups -OCH3 is 1. The molecule has 1 N–H and O–H groups in total. The van der Waals surface area contributed by atoms with E-state index in [2.05, 4.69) is 9.97 Å². The molecule has 0 saturated heterocycles. The van der Waals surface area contributed by atoms with Gasteiger partial charge in [-0.2, -0.15) is 0 Å². The third-order valence-corrected chi connectivity index (χ3v) is 5.25. The fourth-order valence-corrected chi connectivity index (χ4v) is 3.58. The molecular formula is C16H18N4O6S. The Morgan fingerprint density at radius 2 is 2.15 bits per heavy atom. The molecule has 1 aromatic carbocycles. The molecular weight excluding hydrogens is 376 g/mol. The Kier molecular flexibility index (Phi) is 4.98. The van der Waals surface area contributed by atoms with Crippen LogP contribution in [0.4, 0.5) is 5.69 Å². The van der Waals surface area contributed by atoms with Gasteiger partial charge in [-0.05, 0) is 12.5 Å². The van der Waals surface area contributed by atoms with Gasteiger partial charge in [0.25, 0.3) is 11.2 Å². The summed E-state index contributed by atoms with van der Waals surface area (Å²) < 4.78 is 28.7. The van der Waals surface area contributed by atoms with Gasteiger partial charge in [0.05, 0.1) is 17.7 Å². The molecule has 0 amide bonds.